The van der Waals surface area contributed by atoms with Gasteiger partial charge in [-0.1, -0.05) is 12.1 Å². The summed E-state index contributed by atoms with van der Waals surface area (Å²) in [6.07, 6.45) is 1.65. The summed E-state index contributed by atoms with van der Waals surface area (Å²) in [4.78, 5) is 20.9. The molecule has 2 heterocycles. The fourth-order valence-corrected chi connectivity index (χ4v) is 2.50. The van der Waals surface area contributed by atoms with Gasteiger partial charge in [-0.05, 0) is 11.6 Å². The van der Waals surface area contributed by atoms with Gasteiger partial charge < -0.3 is 9.64 Å². The lowest BCUT2D eigenvalue weighted by molar-refractivity contribution is -0.384. The third-order valence-electron chi connectivity index (χ3n) is 3.42. The summed E-state index contributed by atoms with van der Waals surface area (Å²) in [7, 11) is 0. The summed E-state index contributed by atoms with van der Waals surface area (Å²) in [6.45, 7) is 2.67. The predicted molar refractivity (Wildman–Crippen MR) is 82.2 cm³/mol. The Hall–Kier alpha value is -2.25. The van der Waals surface area contributed by atoms with Gasteiger partial charge in [0, 0.05) is 30.8 Å². The van der Waals surface area contributed by atoms with E-state index in [1.165, 1.54) is 12.1 Å². The molecule has 1 fully saturated rings. The molecular weight excluding hydrogens is 308 g/mol. The minimum atomic E-state index is -0.430. The Balaban J connectivity index is 2.06. The Bertz CT molecular complexity index is 704. The zero-order valence-electron chi connectivity index (χ0n) is 11.6. The second-order valence-electron chi connectivity index (χ2n) is 4.78. The van der Waals surface area contributed by atoms with E-state index in [4.69, 9.17) is 16.3 Å². The number of rotatable bonds is 3. The van der Waals surface area contributed by atoms with Crippen LogP contribution in [-0.2, 0) is 4.74 Å². The highest BCUT2D eigenvalue weighted by Gasteiger charge is 2.19. The molecule has 0 atom stereocenters. The van der Waals surface area contributed by atoms with Crippen LogP contribution in [0.4, 0.5) is 11.4 Å². The first kappa shape index (κ1) is 14.7. The predicted octanol–water partition coefficient (Wildman–Crippen LogP) is 2.54. The van der Waals surface area contributed by atoms with Crippen LogP contribution in [-0.4, -0.2) is 41.2 Å². The van der Waals surface area contributed by atoms with E-state index in [9.17, 15) is 10.1 Å². The number of nitro groups is 1. The maximum absolute atomic E-state index is 11.0. The van der Waals surface area contributed by atoms with Gasteiger partial charge in [0.25, 0.3) is 5.69 Å². The summed E-state index contributed by atoms with van der Waals surface area (Å²) < 4.78 is 5.34. The van der Waals surface area contributed by atoms with Crippen molar-refractivity contribution < 1.29 is 9.66 Å². The Morgan fingerprint density at radius 1 is 1.32 bits per heavy atom. The van der Waals surface area contributed by atoms with Crippen molar-refractivity contribution in [3.63, 3.8) is 0 Å². The molecule has 0 amide bonds. The molecule has 1 aromatic carbocycles. The number of ether oxygens (including phenoxy) is 1. The van der Waals surface area contributed by atoms with Crippen molar-refractivity contribution in [1.82, 2.24) is 9.97 Å². The molecule has 7 nitrogen and oxygen atoms in total. The first-order chi connectivity index (χ1) is 10.6. The molecule has 0 radical (unpaired) electrons. The number of benzene rings is 1. The zero-order valence-corrected chi connectivity index (χ0v) is 12.4. The van der Waals surface area contributed by atoms with Gasteiger partial charge in [-0.25, -0.2) is 9.97 Å². The topological polar surface area (TPSA) is 81.4 Å². The van der Waals surface area contributed by atoms with Crippen LogP contribution in [0.5, 0.6) is 0 Å². The molecule has 8 heteroatoms. The molecule has 0 N–H and O–H groups in total. The lowest BCUT2D eigenvalue weighted by atomic mass is 10.1. The molecule has 0 saturated carbocycles. The zero-order chi connectivity index (χ0) is 15.5. The Kier molecular flexibility index (Phi) is 4.17. The average molecular weight is 321 g/mol. The Morgan fingerprint density at radius 3 is 2.82 bits per heavy atom. The molecule has 1 aliphatic rings. The molecule has 0 unspecified atom stereocenters. The third kappa shape index (κ3) is 3.00. The van der Waals surface area contributed by atoms with Crippen molar-refractivity contribution >= 4 is 23.0 Å². The lowest BCUT2D eigenvalue weighted by Crippen LogP contribution is -2.36. The van der Waals surface area contributed by atoms with Gasteiger partial charge in [-0.3, -0.25) is 10.1 Å². The first-order valence-electron chi connectivity index (χ1n) is 6.75. The van der Waals surface area contributed by atoms with Crippen LogP contribution in [0.15, 0.2) is 30.5 Å². The Morgan fingerprint density at radius 2 is 2.09 bits per heavy atom. The number of halogens is 1. The summed E-state index contributed by atoms with van der Waals surface area (Å²) in [5.41, 5.74) is 2.04. The van der Waals surface area contributed by atoms with E-state index in [2.05, 4.69) is 14.9 Å². The van der Waals surface area contributed by atoms with Crippen LogP contribution < -0.4 is 4.90 Å². The van der Waals surface area contributed by atoms with Crippen LogP contribution in [0.25, 0.3) is 11.3 Å². The SMILES string of the molecule is O=[N+]([O-])c1cccc(-c2nc(Cl)ncc2N2CCOCC2)c1. The normalized spacial score (nSPS) is 14.9. The van der Waals surface area contributed by atoms with Crippen LogP contribution in [0.1, 0.15) is 0 Å². The van der Waals surface area contributed by atoms with Crippen molar-refractivity contribution in [2.75, 3.05) is 31.2 Å². The smallest absolute Gasteiger partial charge is 0.270 e. The van der Waals surface area contributed by atoms with E-state index >= 15 is 0 Å². The third-order valence-corrected chi connectivity index (χ3v) is 3.60. The number of anilines is 1. The van der Waals surface area contributed by atoms with Gasteiger partial charge in [0.1, 0.15) is 0 Å². The number of hydrogen-bond acceptors (Lipinski definition) is 6. The van der Waals surface area contributed by atoms with E-state index < -0.39 is 4.92 Å². The number of nitrogens with zero attached hydrogens (tertiary/aromatic N) is 4. The largest absolute Gasteiger partial charge is 0.378 e. The van der Waals surface area contributed by atoms with Crippen LogP contribution in [0, 0.1) is 10.1 Å². The van der Waals surface area contributed by atoms with Crippen LogP contribution in [0.3, 0.4) is 0 Å². The molecular formula is C14H13ClN4O3. The maximum Gasteiger partial charge on any atom is 0.270 e. The van der Waals surface area contributed by atoms with Gasteiger partial charge in [0.05, 0.1) is 35.7 Å². The monoisotopic (exact) mass is 320 g/mol. The van der Waals surface area contributed by atoms with E-state index in [0.29, 0.717) is 37.6 Å². The fraction of sp³-hybridized carbons (Fsp3) is 0.286. The summed E-state index contributed by atoms with van der Waals surface area (Å²) >= 11 is 5.91. The van der Waals surface area contributed by atoms with Gasteiger partial charge in [0.15, 0.2) is 0 Å². The van der Waals surface area contributed by atoms with E-state index in [1.807, 2.05) is 0 Å². The number of nitro benzene ring substituents is 1. The minimum absolute atomic E-state index is 0.0140. The lowest BCUT2D eigenvalue weighted by Gasteiger charge is -2.29. The highest BCUT2D eigenvalue weighted by atomic mass is 35.5. The highest BCUT2D eigenvalue weighted by molar-refractivity contribution is 6.28. The number of morpholine rings is 1. The van der Waals surface area contributed by atoms with E-state index in [1.54, 1.807) is 18.3 Å². The second-order valence-corrected chi connectivity index (χ2v) is 5.12. The molecule has 0 bridgehead atoms. The summed E-state index contributed by atoms with van der Waals surface area (Å²) in [5, 5.41) is 11.1. The molecule has 22 heavy (non-hydrogen) atoms. The number of hydrogen-bond donors (Lipinski definition) is 0. The van der Waals surface area contributed by atoms with Crippen LogP contribution in [0.2, 0.25) is 5.28 Å². The average Bonchev–Trinajstić information content (AvgIpc) is 2.55. The van der Waals surface area contributed by atoms with Crippen molar-refractivity contribution in [3.05, 3.63) is 45.9 Å². The molecule has 0 spiro atoms. The van der Waals surface area contributed by atoms with Gasteiger partial charge in [0.2, 0.25) is 5.28 Å². The summed E-state index contributed by atoms with van der Waals surface area (Å²) in [6, 6.07) is 6.34. The Labute approximate surface area is 131 Å². The van der Waals surface area contributed by atoms with Gasteiger partial charge >= 0.3 is 0 Å². The molecule has 114 valence electrons. The number of non-ortho nitro benzene ring substituents is 1. The molecule has 1 aliphatic heterocycles. The van der Waals surface area contributed by atoms with E-state index in [-0.39, 0.29) is 11.0 Å². The van der Waals surface area contributed by atoms with Gasteiger partial charge in [-0.2, -0.15) is 0 Å². The highest BCUT2D eigenvalue weighted by Crippen LogP contribution is 2.31. The second kappa shape index (κ2) is 6.25. The maximum atomic E-state index is 11.0. The molecule has 0 aliphatic carbocycles. The van der Waals surface area contributed by atoms with E-state index in [0.717, 1.165) is 5.69 Å². The van der Waals surface area contributed by atoms with Crippen molar-refractivity contribution in [1.29, 1.82) is 0 Å². The summed E-state index contributed by atoms with van der Waals surface area (Å²) in [5.74, 6) is 0. The fourth-order valence-electron chi connectivity index (χ4n) is 2.37. The van der Waals surface area contributed by atoms with Crippen LogP contribution >= 0.6 is 11.6 Å². The van der Waals surface area contributed by atoms with Crippen molar-refractivity contribution in [2.45, 2.75) is 0 Å². The standard InChI is InChI=1S/C14H13ClN4O3/c15-14-16-9-12(18-4-6-22-7-5-18)13(17-14)10-2-1-3-11(8-10)19(20)21/h1-3,8-9H,4-7H2. The van der Waals surface area contributed by atoms with Crippen molar-refractivity contribution in [3.8, 4) is 11.3 Å². The quantitative estimate of drug-likeness (QED) is 0.491. The molecule has 1 aromatic heterocycles. The molecule has 2 aromatic rings. The minimum Gasteiger partial charge on any atom is -0.378 e. The molecule has 3 rings (SSSR count). The first-order valence-corrected chi connectivity index (χ1v) is 7.13. The van der Waals surface area contributed by atoms with Crippen molar-refractivity contribution in [2.24, 2.45) is 0 Å². The number of aromatic nitrogens is 2. The molecule has 1 saturated heterocycles. The van der Waals surface area contributed by atoms with Gasteiger partial charge in [-0.15, -0.1) is 0 Å².